The van der Waals surface area contributed by atoms with E-state index < -0.39 is 47.7 Å². The first kappa shape index (κ1) is 31.8. The molecule has 11 nitrogen and oxygen atoms in total. The van der Waals surface area contributed by atoms with Gasteiger partial charge in [0.15, 0.2) is 11.6 Å². The minimum atomic E-state index is -3.46. The van der Waals surface area contributed by atoms with Gasteiger partial charge in [-0.2, -0.15) is 0 Å². The summed E-state index contributed by atoms with van der Waals surface area (Å²) in [5, 5.41) is 13.1. The maximum Gasteiger partial charge on any atom is 0.328 e. The standard InChI is InChI=1S/C33H32F3N7O4/c1-18-16-41(17-26(33(18,35)36)43-29(44)20-8-6-7-9-21(20)30(43)45)28-23(37-4)15-22(34)27(39-28)38-19-10-11-24-25(14-19)42(31(46)40(24)5)13-12-32(2,3)47/h6-11,14-15,18,26,47H,12-13,16-17H2,1-3,5H3,(H,38,39)/t18-,26+/m1/s1. The second-order valence-corrected chi connectivity index (χ2v) is 12.7. The van der Waals surface area contributed by atoms with Crippen LogP contribution in [0, 0.1) is 18.3 Å². The number of aromatic nitrogens is 3. The summed E-state index contributed by atoms with van der Waals surface area (Å²) in [5.41, 5.74) is 0.0236. The van der Waals surface area contributed by atoms with Crippen molar-refractivity contribution in [1.82, 2.24) is 19.0 Å². The first-order valence-electron chi connectivity index (χ1n) is 15.0. The SMILES string of the molecule is [C-]#[N+]c1cc(F)c(Nc2ccc3c(c2)n(CCC(C)(C)O)c(=O)n3C)nc1N1C[C@@H](C)C(F)(F)[C@@H](N2C(=O)c3ccccc3C2=O)C1. The van der Waals surface area contributed by atoms with E-state index in [2.05, 4.69) is 15.1 Å². The summed E-state index contributed by atoms with van der Waals surface area (Å²) in [6, 6.07) is 9.92. The molecule has 2 aromatic carbocycles. The van der Waals surface area contributed by atoms with Crippen LogP contribution in [0.1, 0.15) is 47.9 Å². The van der Waals surface area contributed by atoms with Crippen molar-refractivity contribution in [3.63, 3.8) is 0 Å². The maximum absolute atomic E-state index is 15.7. The molecule has 47 heavy (non-hydrogen) atoms. The predicted molar refractivity (Wildman–Crippen MR) is 169 cm³/mol. The van der Waals surface area contributed by atoms with Gasteiger partial charge < -0.3 is 15.3 Å². The third-order valence-corrected chi connectivity index (χ3v) is 8.84. The molecule has 0 unspecified atom stereocenters. The number of nitrogens with one attached hydrogen (secondary N) is 1. The van der Waals surface area contributed by atoms with Crippen LogP contribution >= 0.6 is 0 Å². The van der Waals surface area contributed by atoms with Crippen molar-refractivity contribution in [2.75, 3.05) is 23.3 Å². The quantitative estimate of drug-likeness (QED) is 0.212. The zero-order valence-electron chi connectivity index (χ0n) is 26.1. The molecule has 1 saturated heterocycles. The largest absolute Gasteiger partial charge is 0.390 e. The van der Waals surface area contributed by atoms with E-state index in [1.807, 2.05) is 0 Å². The van der Waals surface area contributed by atoms with Gasteiger partial charge in [-0.15, -0.1) is 0 Å². The smallest absolute Gasteiger partial charge is 0.328 e. The van der Waals surface area contributed by atoms with E-state index in [9.17, 15) is 19.5 Å². The fourth-order valence-electron chi connectivity index (χ4n) is 6.20. The summed E-state index contributed by atoms with van der Waals surface area (Å²) in [6.45, 7) is 11.6. The number of hydrogen-bond donors (Lipinski definition) is 2. The Kier molecular flexibility index (Phi) is 7.63. The molecule has 4 aromatic rings. The van der Waals surface area contributed by atoms with Crippen LogP contribution in [0.2, 0.25) is 0 Å². The second kappa shape index (κ2) is 11.3. The van der Waals surface area contributed by atoms with Gasteiger partial charge in [0.1, 0.15) is 11.9 Å². The molecule has 0 spiro atoms. The van der Waals surface area contributed by atoms with Crippen molar-refractivity contribution < 1.29 is 27.9 Å². The molecule has 244 valence electrons. The second-order valence-electron chi connectivity index (χ2n) is 12.7. The number of imidazole rings is 1. The number of hydrogen-bond acceptors (Lipinski definition) is 7. The Hall–Kier alpha value is -5.16. The summed E-state index contributed by atoms with van der Waals surface area (Å²) in [6.07, 6.45) is 0.302. The Morgan fingerprint density at radius 3 is 2.34 bits per heavy atom. The Bertz CT molecular complexity index is 2010. The number of aliphatic hydroxyl groups is 1. The number of benzene rings is 2. The summed E-state index contributed by atoms with van der Waals surface area (Å²) in [7, 11) is 1.62. The number of imide groups is 1. The van der Waals surface area contributed by atoms with Crippen LogP contribution in [0.5, 0.6) is 0 Å². The lowest BCUT2D eigenvalue weighted by Crippen LogP contribution is -2.63. The van der Waals surface area contributed by atoms with E-state index in [4.69, 9.17) is 6.57 Å². The molecule has 2 N–H and O–H groups in total. The average molecular weight is 648 g/mol. The fourth-order valence-corrected chi connectivity index (χ4v) is 6.20. The molecule has 0 bridgehead atoms. The number of anilines is 3. The van der Waals surface area contributed by atoms with Gasteiger partial charge in [0.05, 0.1) is 34.3 Å². The van der Waals surface area contributed by atoms with Crippen molar-refractivity contribution >= 4 is 45.9 Å². The van der Waals surface area contributed by atoms with Crippen molar-refractivity contribution in [3.05, 3.63) is 87.4 Å². The minimum absolute atomic E-state index is 0.0344. The Morgan fingerprint density at radius 2 is 1.72 bits per heavy atom. The lowest BCUT2D eigenvalue weighted by Gasteiger charge is -2.45. The van der Waals surface area contributed by atoms with Gasteiger partial charge in [0, 0.05) is 38.3 Å². The topological polar surface area (TPSA) is 117 Å². The van der Waals surface area contributed by atoms with E-state index in [1.165, 1.54) is 33.1 Å². The van der Waals surface area contributed by atoms with Crippen LogP contribution in [0.4, 0.5) is 36.2 Å². The number of rotatable bonds is 7. The van der Waals surface area contributed by atoms with Gasteiger partial charge >= 0.3 is 5.69 Å². The molecule has 2 aliphatic rings. The van der Waals surface area contributed by atoms with Crippen LogP contribution in [0.15, 0.2) is 53.3 Å². The number of aryl methyl sites for hydroxylation is 2. The van der Waals surface area contributed by atoms with Gasteiger partial charge in [-0.1, -0.05) is 19.1 Å². The van der Waals surface area contributed by atoms with E-state index in [1.54, 1.807) is 51.2 Å². The van der Waals surface area contributed by atoms with Crippen molar-refractivity contribution in [2.24, 2.45) is 13.0 Å². The molecule has 1 fully saturated rings. The monoisotopic (exact) mass is 647 g/mol. The van der Waals surface area contributed by atoms with Crippen LogP contribution in [0.25, 0.3) is 15.9 Å². The molecule has 0 saturated carbocycles. The van der Waals surface area contributed by atoms with E-state index in [0.717, 1.165) is 6.07 Å². The lowest BCUT2D eigenvalue weighted by atomic mass is 9.89. The number of nitrogens with zero attached hydrogens (tertiary/aromatic N) is 6. The number of alkyl halides is 2. The summed E-state index contributed by atoms with van der Waals surface area (Å²) >= 11 is 0. The van der Waals surface area contributed by atoms with E-state index >= 15 is 13.2 Å². The molecule has 6 rings (SSSR count). The average Bonchev–Trinajstić information content (AvgIpc) is 3.41. The number of halogens is 3. The number of piperidine rings is 1. The molecule has 2 amide bonds. The first-order chi connectivity index (χ1) is 22.1. The number of carbonyl (C=O) groups is 2. The molecule has 0 radical (unpaired) electrons. The van der Waals surface area contributed by atoms with Gasteiger partial charge in [0.25, 0.3) is 17.7 Å². The predicted octanol–water partition coefficient (Wildman–Crippen LogP) is 5.09. The number of amides is 2. The number of fused-ring (bicyclic) bond motifs is 2. The lowest BCUT2D eigenvalue weighted by molar-refractivity contribution is -0.111. The summed E-state index contributed by atoms with van der Waals surface area (Å²) in [5.74, 6) is -7.75. The molecular formula is C33H32F3N7O4. The molecule has 2 aromatic heterocycles. The fraction of sp³-hybridized carbons (Fsp3) is 0.364. The Labute approximate surface area is 267 Å². The summed E-state index contributed by atoms with van der Waals surface area (Å²) in [4.78, 5) is 49.0. The van der Waals surface area contributed by atoms with E-state index in [-0.39, 0.29) is 47.2 Å². The molecule has 2 aliphatic heterocycles. The van der Waals surface area contributed by atoms with E-state index in [0.29, 0.717) is 28.0 Å². The molecule has 0 aliphatic carbocycles. The van der Waals surface area contributed by atoms with Crippen LogP contribution in [-0.2, 0) is 13.6 Å². The number of carbonyl (C=O) groups excluding carboxylic acids is 2. The number of pyridine rings is 1. The van der Waals surface area contributed by atoms with Crippen LogP contribution in [0.3, 0.4) is 0 Å². The highest BCUT2D eigenvalue weighted by atomic mass is 19.3. The Morgan fingerprint density at radius 1 is 1.06 bits per heavy atom. The van der Waals surface area contributed by atoms with Crippen LogP contribution < -0.4 is 15.9 Å². The third kappa shape index (κ3) is 5.40. The third-order valence-electron chi connectivity index (χ3n) is 8.84. The van der Waals surface area contributed by atoms with Gasteiger partial charge in [-0.3, -0.25) is 23.6 Å². The van der Waals surface area contributed by atoms with Crippen LogP contribution in [-0.4, -0.2) is 66.6 Å². The minimum Gasteiger partial charge on any atom is -0.390 e. The zero-order valence-corrected chi connectivity index (χ0v) is 26.1. The maximum atomic E-state index is 15.7. The van der Waals surface area contributed by atoms with Crippen molar-refractivity contribution in [1.29, 1.82) is 0 Å². The van der Waals surface area contributed by atoms with Gasteiger partial charge in [-0.05, 0) is 56.7 Å². The van der Waals surface area contributed by atoms with Gasteiger partial charge in [0.2, 0.25) is 5.69 Å². The Balaban J connectivity index is 1.35. The molecule has 14 heteroatoms. The highest BCUT2D eigenvalue weighted by molar-refractivity contribution is 6.21. The molecule has 2 atom stereocenters. The summed E-state index contributed by atoms with van der Waals surface area (Å²) < 4.78 is 49.8. The zero-order chi connectivity index (χ0) is 34.0. The normalized spacial score (nSPS) is 19.3. The van der Waals surface area contributed by atoms with Crippen molar-refractivity contribution in [3.8, 4) is 0 Å². The highest BCUT2D eigenvalue weighted by Gasteiger charge is 2.57. The van der Waals surface area contributed by atoms with Gasteiger partial charge in [-0.25, -0.2) is 27.8 Å². The molecular weight excluding hydrogens is 615 g/mol. The molecule has 4 heterocycles. The van der Waals surface area contributed by atoms with Crippen molar-refractivity contribution in [2.45, 2.75) is 51.3 Å². The highest BCUT2D eigenvalue weighted by Crippen LogP contribution is 2.43. The first-order valence-corrected chi connectivity index (χ1v) is 15.0.